The van der Waals surface area contributed by atoms with Gasteiger partial charge < -0.3 is 14.2 Å². The molecule has 0 fully saturated rings. The summed E-state index contributed by atoms with van der Waals surface area (Å²) in [6.07, 6.45) is 0. The van der Waals surface area contributed by atoms with E-state index in [2.05, 4.69) is 0 Å². The molecule has 0 saturated heterocycles. The van der Waals surface area contributed by atoms with Crippen LogP contribution in [0.2, 0.25) is 5.02 Å². The molecular formula is C22H22ClNO5S. The van der Waals surface area contributed by atoms with Crippen LogP contribution in [-0.4, -0.2) is 29.7 Å². The highest BCUT2D eigenvalue weighted by atomic mass is 35.5. The summed E-state index contributed by atoms with van der Waals surface area (Å²) in [5.41, 5.74) is 1.21. The van der Waals surface area contributed by atoms with Crippen molar-refractivity contribution >= 4 is 27.3 Å². The van der Waals surface area contributed by atoms with E-state index in [1.54, 1.807) is 54.6 Å². The van der Waals surface area contributed by atoms with Crippen LogP contribution < -0.4 is 18.5 Å². The minimum absolute atomic E-state index is 0.103. The van der Waals surface area contributed by atoms with Gasteiger partial charge in [0, 0.05) is 17.2 Å². The van der Waals surface area contributed by atoms with Crippen LogP contribution in [-0.2, 0) is 16.6 Å². The van der Waals surface area contributed by atoms with Gasteiger partial charge in [0.2, 0.25) is 0 Å². The van der Waals surface area contributed by atoms with Crippen LogP contribution >= 0.6 is 11.6 Å². The summed E-state index contributed by atoms with van der Waals surface area (Å²) in [7, 11) is 0.602. The number of halogens is 1. The van der Waals surface area contributed by atoms with Crippen molar-refractivity contribution in [3.63, 3.8) is 0 Å². The third kappa shape index (κ3) is 4.63. The monoisotopic (exact) mass is 447 g/mol. The first-order valence-corrected chi connectivity index (χ1v) is 10.8. The molecule has 3 aromatic carbocycles. The number of anilines is 1. The summed E-state index contributed by atoms with van der Waals surface area (Å²) in [6, 6.07) is 18.4. The molecule has 0 N–H and O–H groups in total. The quantitative estimate of drug-likeness (QED) is 0.498. The SMILES string of the molecule is COc1cccc(S(=O)(=O)N(Cc2ccc(Cl)cc2)c2ccc(OC)c(OC)c2)c1. The molecule has 0 bridgehead atoms. The standard InChI is InChI=1S/C22H22ClNO5S/c1-27-19-5-4-6-20(14-19)30(25,26)24(15-16-7-9-17(23)10-8-16)18-11-12-21(28-2)22(13-18)29-3/h4-14H,15H2,1-3H3. The van der Waals surface area contributed by atoms with Crippen LogP contribution in [0, 0.1) is 0 Å². The maximum Gasteiger partial charge on any atom is 0.264 e. The Morgan fingerprint density at radius 1 is 0.833 bits per heavy atom. The molecule has 0 aliphatic rings. The largest absolute Gasteiger partial charge is 0.497 e. The van der Waals surface area contributed by atoms with E-state index >= 15 is 0 Å². The van der Waals surface area contributed by atoms with E-state index in [9.17, 15) is 8.42 Å². The molecular weight excluding hydrogens is 426 g/mol. The number of rotatable bonds is 8. The Hall–Kier alpha value is -2.90. The summed E-state index contributed by atoms with van der Waals surface area (Å²) >= 11 is 5.98. The lowest BCUT2D eigenvalue weighted by atomic mass is 10.2. The number of methoxy groups -OCH3 is 3. The fraction of sp³-hybridized carbons (Fsp3) is 0.182. The Kier molecular flexibility index (Phi) is 6.74. The summed E-state index contributed by atoms with van der Waals surface area (Å²) < 4.78 is 44.4. The number of nitrogens with zero attached hydrogens (tertiary/aromatic N) is 1. The Morgan fingerprint density at radius 3 is 2.17 bits per heavy atom. The Labute approximate surface area is 181 Å². The molecule has 0 amide bonds. The normalized spacial score (nSPS) is 11.1. The van der Waals surface area contributed by atoms with Crippen LogP contribution in [0.4, 0.5) is 5.69 Å². The highest BCUT2D eigenvalue weighted by Crippen LogP contribution is 2.35. The van der Waals surface area contributed by atoms with Crippen molar-refractivity contribution in [1.29, 1.82) is 0 Å². The maximum absolute atomic E-state index is 13.6. The topological polar surface area (TPSA) is 65.1 Å². The van der Waals surface area contributed by atoms with Crippen molar-refractivity contribution in [2.24, 2.45) is 0 Å². The van der Waals surface area contributed by atoms with Crippen LogP contribution in [0.3, 0.4) is 0 Å². The van der Waals surface area contributed by atoms with Crippen molar-refractivity contribution < 1.29 is 22.6 Å². The van der Waals surface area contributed by atoms with E-state index in [1.165, 1.54) is 37.8 Å². The second kappa shape index (κ2) is 9.28. The van der Waals surface area contributed by atoms with Gasteiger partial charge in [-0.2, -0.15) is 0 Å². The Morgan fingerprint density at radius 2 is 1.53 bits per heavy atom. The zero-order chi connectivity index (χ0) is 21.7. The molecule has 3 rings (SSSR count). The summed E-state index contributed by atoms with van der Waals surface area (Å²) in [4.78, 5) is 0.116. The van der Waals surface area contributed by atoms with Gasteiger partial charge in [0.1, 0.15) is 5.75 Å². The highest BCUT2D eigenvalue weighted by molar-refractivity contribution is 7.92. The van der Waals surface area contributed by atoms with Gasteiger partial charge >= 0.3 is 0 Å². The van der Waals surface area contributed by atoms with Gasteiger partial charge in [-0.25, -0.2) is 8.42 Å². The van der Waals surface area contributed by atoms with E-state index in [0.29, 0.717) is 28.0 Å². The second-order valence-corrected chi connectivity index (χ2v) is 8.66. The second-order valence-electron chi connectivity index (χ2n) is 6.36. The third-order valence-corrected chi connectivity index (χ3v) is 6.55. The first-order valence-electron chi connectivity index (χ1n) is 9.02. The molecule has 158 valence electrons. The summed E-state index contributed by atoms with van der Waals surface area (Å²) in [6.45, 7) is 0.103. The van der Waals surface area contributed by atoms with Crippen molar-refractivity contribution in [3.8, 4) is 17.2 Å². The van der Waals surface area contributed by atoms with Crippen molar-refractivity contribution in [3.05, 3.63) is 77.3 Å². The first-order chi connectivity index (χ1) is 14.4. The number of ether oxygens (including phenoxy) is 3. The van der Waals surface area contributed by atoms with Gasteiger partial charge in [-0.15, -0.1) is 0 Å². The van der Waals surface area contributed by atoms with Gasteiger partial charge in [0.05, 0.1) is 38.5 Å². The van der Waals surface area contributed by atoms with Gasteiger partial charge in [0.25, 0.3) is 10.0 Å². The average molecular weight is 448 g/mol. The number of benzene rings is 3. The smallest absolute Gasteiger partial charge is 0.264 e. The lowest BCUT2D eigenvalue weighted by Crippen LogP contribution is -2.30. The van der Waals surface area contributed by atoms with E-state index in [4.69, 9.17) is 25.8 Å². The molecule has 0 aromatic heterocycles. The highest BCUT2D eigenvalue weighted by Gasteiger charge is 2.26. The van der Waals surface area contributed by atoms with Crippen LogP contribution in [0.15, 0.2) is 71.6 Å². The molecule has 0 aliphatic heterocycles. The average Bonchev–Trinajstić information content (AvgIpc) is 2.78. The van der Waals surface area contributed by atoms with Crippen molar-refractivity contribution in [2.45, 2.75) is 11.4 Å². The van der Waals surface area contributed by atoms with Crippen molar-refractivity contribution in [1.82, 2.24) is 0 Å². The molecule has 0 radical (unpaired) electrons. The zero-order valence-corrected chi connectivity index (χ0v) is 18.4. The van der Waals surface area contributed by atoms with Gasteiger partial charge in [-0.05, 0) is 42.0 Å². The fourth-order valence-electron chi connectivity index (χ4n) is 2.94. The minimum atomic E-state index is -3.92. The van der Waals surface area contributed by atoms with Gasteiger partial charge in [-0.3, -0.25) is 4.31 Å². The number of sulfonamides is 1. The number of hydrogen-bond acceptors (Lipinski definition) is 5. The van der Waals surface area contributed by atoms with E-state index in [-0.39, 0.29) is 11.4 Å². The fourth-order valence-corrected chi connectivity index (χ4v) is 4.55. The van der Waals surface area contributed by atoms with Gasteiger partial charge in [-0.1, -0.05) is 29.8 Å². The Bertz CT molecular complexity index is 1120. The van der Waals surface area contributed by atoms with E-state index in [0.717, 1.165) is 5.56 Å². The molecule has 0 unspecified atom stereocenters. The summed E-state index contributed by atoms with van der Waals surface area (Å²) in [5, 5.41) is 0.576. The predicted octanol–water partition coefficient (Wildman–Crippen LogP) is 4.76. The lowest BCUT2D eigenvalue weighted by molar-refractivity contribution is 0.355. The van der Waals surface area contributed by atoms with Crippen molar-refractivity contribution in [2.75, 3.05) is 25.6 Å². The maximum atomic E-state index is 13.6. The number of hydrogen-bond donors (Lipinski definition) is 0. The lowest BCUT2D eigenvalue weighted by Gasteiger charge is -2.25. The molecule has 0 atom stereocenters. The first kappa shape index (κ1) is 21.8. The van der Waals surface area contributed by atoms with Gasteiger partial charge in [0.15, 0.2) is 11.5 Å². The van der Waals surface area contributed by atoms with Crippen LogP contribution in [0.5, 0.6) is 17.2 Å². The third-order valence-electron chi connectivity index (χ3n) is 4.52. The summed E-state index contributed by atoms with van der Waals surface area (Å²) in [5.74, 6) is 1.39. The molecule has 8 heteroatoms. The molecule has 0 saturated carbocycles. The predicted molar refractivity (Wildman–Crippen MR) is 117 cm³/mol. The Balaban J connectivity index is 2.12. The molecule has 0 spiro atoms. The van der Waals surface area contributed by atoms with E-state index < -0.39 is 10.0 Å². The molecule has 0 aliphatic carbocycles. The van der Waals surface area contributed by atoms with E-state index in [1.807, 2.05) is 0 Å². The zero-order valence-electron chi connectivity index (χ0n) is 16.8. The molecule has 6 nitrogen and oxygen atoms in total. The molecule has 30 heavy (non-hydrogen) atoms. The van der Waals surface area contributed by atoms with Crippen LogP contribution in [0.1, 0.15) is 5.56 Å². The minimum Gasteiger partial charge on any atom is -0.497 e. The molecule has 3 aromatic rings. The van der Waals surface area contributed by atoms with Crippen LogP contribution in [0.25, 0.3) is 0 Å². The molecule has 0 heterocycles.